The van der Waals surface area contributed by atoms with Gasteiger partial charge in [-0.1, -0.05) is 65.7 Å². The Balaban J connectivity index is 1.88. The maximum absolute atomic E-state index is 13.2. The molecule has 0 aliphatic heterocycles. The van der Waals surface area contributed by atoms with Gasteiger partial charge in [-0.2, -0.15) is 4.72 Å². The van der Waals surface area contributed by atoms with Crippen molar-refractivity contribution >= 4 is 39.1 Å². The van der Waals surface area contributed by atoms with E-state index < -0.39 is 22.0 Å². The van der Waals surface area contributed by atoms with Gasteiger partial charge in [0, 0.05) is 10.0 Å². The SMILES string of the molecule is COc1ccc(Cl)cc1S(=O)(=O)N[C@H](Cc1ccccc1)C(=O)N[C@H](C)c1ccc(Cl)cc1. The molecule has 0 spiro atoms. The lowest BCUT2D eigenvalue weighted by molar-refractivity contribution is -0.123. The smallest absolute Gasteiger partial charge is 0.245 e. The number of nitrogens with one attached hydrogen (secondary N) is 2. The average molecular weight is 507 g/mol. The van der Waals surface area contributed by atoms with E-state index in [4.69, 9.17) is 27.9 Å². The van der Waals surface area contributed by atoms with Crippen LogP contribution >= 0.6 is 23.2 Å². The zero-order valence-electron chi connectivity index (χ0n) is 18.1. The van der Waals surface area contributed by atoms with Crippen LogP contribution in [0.1, 0.15) is 24.1 Å². The Morgan fingerprint density at radius 1 is 0.970 bits per heavy atom. The number of ether oxygens (including phenoxy) is 1. The Morgan fingerprint density at radius 2 is 1.61 bits per heavy atom. The fourth-order valence-corrected chi connectivity index (χ4v) is 5.05. The zero-order chi connectivity index (χ0) is 24.0. The molecule has 6 nitrogen and oxygen atoms in total. The molecule has 1 amide bonds. The topological polar surface area (TPSA) is 84.5 Å². The van der Waals surface area contributed by atoms with Crippen LogP contribution in [0.25, 0.3) is 0 Å². The molecule has 3 rings (SSSR count). The van der Waals surface area contributed by atoms with Crippen LogP contribution in [0.15, 0.2) is 77.7 Å². The Hall–Kier alpha value is -2.58. The number of benzene rings is 3. The predicted molar refractivity (Wildman–Crippen MR) is 130 cm³/mol. The van der Waals surface area contributed by atoms with Crippen LogP contribution < -0.4 is 14.8 Å². The van der Waals surface area contributed by atoms with Crippen LogP contribution in [-0.2, 0) is 21.2 Å². The van der Waals surface area contributed by atoms with Crippen LogP contribution in [0.2, 0.25) is 10.0 Å². The molecule has 2 N–H and O–H groups in total. The number of rotatable bonds is 9. The molecule has 0 fully saturated rings. The summed E-state index contributed by atoms with van der Waals surface area (Å²) in [6, 6.07) is 19.1. The summed E-state index contributed by atoms with van der Waals surface area (Å²) in [7, 11) is -2.77. The maximum Gasteiger partial charge on any atom is 0.245 e. The molecule has 2 atom stereocenters. The average Bonchev–Trinajstić information content (AvgIpc) is 2.79. The standard InChI is InChI=1S/C24H24Cl2N2O4S/c1-16(18-8-10-19(25)11-9-18)27-24(29)21(14-17-6-4-3-5-7-17)28-33(30,31)23-15-20(26)12-13-22(23)32-2/h3-13,15-16,21,28H,14H2,1-2H3,(H,27,29)/t16-,21-/m1/s1. The minimum atomic E-state index is -4.13. The predicted octanol–water partition coefficient (Wildman–Crippen LogP) is 4.77. The number of halogens is 2. The number of carbonyl (C=O) groups excluding carboxylic acids is 1. The summed E-state index contributed by atoms with van der Waals surface area (Å²) in [5, 5.41) is 3.70. The first-order valence-corrected chi connectivity index (χ1v) is 12.4. The van der Waals surface area contributed by atoms with E-state index in [1.165, 1.54) is 25.3 Å². The molecule has 0 bridgehead atoms. The number of hydrogen-bond donors (Lipinski definition) is 2. The number of hydrogen-bond acceptors (Lipinski definition) is 4. The van der Waals surface area contributed by atoms with E-state index in [0.717, 1.165) is 11.1 Å². The summed E-state index contributed by atoms with van der Waals surface area (Å²) in [5.74, 6) is -0.342. The largest absolute Gasteiger partial charge is 0.495 e. The fraction of sp³-hybridized carbons (Fsp3) is 0.208. The molecule has 33 heavy (non-hydrogen) atoms. The highest BCUT2D eigenvalue weighted by atomic mass is 35.5. The van der Waals surface area contributed by atoms with Crippen molar-refractivity contribution in [3.8, 4) is 5.75 Å². The van der Waals surface area contributed by atoms with Gasteiger partial charge in [-0.25, -0.2) is 8.42 Å². The minimum Gasteiger partial charge on any atom is -0.495 e. The minimum absolute atomic E-state index is 0.125. The van der Waals surface area contributed by atoms with Crippen molar-refractivity contribution in [3.63, 3.8) is 0 Å². The van der Waals surface area contributed by atoms with E-state index >= 15 is 0 Å². The van der Waals surface area contributed by atoms with Gasteiger partial charge in [0.05, 0.1) is 13.2 Å². The van der Waals surface area contributed by atoms with Gasteiger partial charge < -0.3 is 10.1 Å². The molecular weight excluding hydrogens is 483 g/mol. The maximum atomic E-state index is 13.2. The van der Waals surface area contributed by atoms with Gasteiger partial charge in [0.15, 0.2) is 0 Å². The Labute approximate surface area is 203 Å². The molecule has 0 saturated carbocycles. The summed E-state index contributed by atoms with van der Waals surface area (Å²) in [6.07, 6.45) is 0.155. The van der Waals surface area contributed by atoms with Crippen molar-refractivity contribution < 1.29 is 17.9 Å². The highest BCUT2D eigenvalue weighted by Crippen LogP contribution is 2.27. The Kier molecular flexibility index (Phi) is 8.37. The van der Waals surface area contributed by atoms with E-state index in [1.807, 2.05) is 37.3 Å². The summed E-state index contributed by atoms with van der Waals surface area (Å²) < 4.78 is 34.2. The summed E-state index contributed by atoms with van der Waals surface area (Å²) >= 11 is 12.0. The lowest BCUT2D eigenvalue weighted by Gasteiger charge is -2.22. The quantitative estimate of drug-likeness (QED) is 0.437. The monoisotopic (exact) mass is 506 g/mol. The van der Waals surface area contributed by atoms with E-state index in [-0.39, 0.29) is 28.1 Å². The van der Waals surface area contributed by atoms with Gasteiger partial charge in [-0.15, -0.1) is 0 Å². The summed E-state index contributed by atoms with van der Waals surface area (Å²) in [5.41, 5.74) is 1.64. The van der Waals surface area contributed by atoms with Crippen LogP contribution in [0.3, 0.4) is 0 Å². The van der Waals surface area contributed by atoms with Gasteiger partial charge in [0.1, 0.15) is 16.7 Å². The van der Waals surface area contributed by atoms with Crippen molar-refractivity contribution in [2.45, 2.75) is 30.3 Å². The molecule has 0 radical (unpaired) electrons. The second-order valence-corrected chi connectivity index (χ2v) is 10.00. The molecule has 0 aliphatic carbocycles. The van der Waals surface area contributed by atoms with E-state index in [9.17, 15) is 13.2 Å². The first-order chi connectivity index (χ1) is 15.7. The van der Waals surface area contributed by atoms with E-state index in [2.05, 4.69) is 10.0 Å². The number of carbonyl (C=O) groups is 1. The molecule has 0 unspecified atom stereocenters. The lowest BCUT2D eigenvalue weighted by atomic mass is 10.0. The van der Waals surface area contributed by atoms with Crippen LogP contribution in [0, 0.1) is 0 Å². The summed E-state index contributed by atoms with van der Waals surface area (Å²) in [4.78, 5) is 13.1. The van der Waals surface area contributed by atoms with Crippen molar-refractivity contribution in [1.82, 2.24) is 10.0 Å². The lowest BCUT2D eigenvalue weighted by Crippen LogP contribution is -2.48. The van der Waals surface area contributed by atoms with Crippen LogP contribution in [0.4, 0.5) is 0 Å². The third kappa shape index (κ3) is 6.71. The second-order valence-electron chi connectivity index (χ2n) is 7.44. The van der Waals surface area contributed by atoms with Crippen molar-refractivity contribution in [3.05, 3.63) is 94.0 Å². The van der Waals surface area contributed by atoms with Gasteiger partial charge in [0.25, 0.3) is 0 Å². The van der Waals surface area contributed by atoms with E-state index in [1.54, 1.807) is 24.3 Å². The van der Waals surface area contributed by atoms with Crippen LogP contribution in [-0.4, -0.2) is 27.5 Å². The van der Waals surface area contributed by atoms with Crippen molar-refractivity contribution in [2.24, 2.45) is 0 Å². The molecule has 0 aliphatic rings. The van der Waals surface area contributed by atoms with Crippen molar-refractivity contribution in [2.75, 3.05) is 7.11 Å². The highest BCUT2D eigenvalue weighted by molar-refractivity contribution is 7.89. The van der Waals surface area contributed by atoms with E-state index in [0.29, 0.717) is 5.02 Å². The number of amides is 1. The zero-order valence-corrected chi connectivity index (χ0v) is 20.4. The molecule has 0 saturated heterocycles. The number of methoxy groups -OCH3 is 1. The first-order valence-electron chi connectivity index (χ1n) is 10.1. The third-order valence-corrected chi connectivity index (χ3v) is 7.02. The third-order valence-electron chi connectivity index (χ3n) is 5.04. The van der Waals surface area contributed by atoms with Gasteiger partial charge in [-0.05, 0) is 54.8 Å². The molecule has 174 valence electrons. The normalized spacial score (nSPS) is 13.2. The molecule has 9 heteroatoms. The summed E-state index contributed by atoms with van der Waals surface area (Å²) in [6.45, 7) is 1.81. The van der Waals surface area contributed by atoms with Gasteiger partial charge in [-0.3, -0.25) is 4.79 Å². The molecule has 3 aromatic rings. The Morgan fingerprint density at radius 3 is 2.24 bits per heavy atom. The first kappa shape index (κ1) is 25.1. The van der Waals surface area contributed by atoms with Crippen molar-refractivity contribution in [1.29, 1.82) is 0 Å². The second kappa shape index (κ2) is 11.0. The molecule has 0 heterocycles. The van der Waals surface area contributed by atoms with Gasteiger partial charge >= 0.3 is 0 Å². The highest BCUT2D eigenvalue weighted by Gasteiger charge is 2.29. The fourth-order valence-electron chi connectivity index (χ4n) is 3.30. The molecule has 0 aromatic heterocycles. The number of sulfonamides is 1. The van der Waals surface area contributed by atoms with Gasteiger partial charge in [0.2, 0.25) is 15.9 Å². The molecule has 3 aromatic carbocycles. The Bertz CT molecular complexity index is 1200. The van der Waals surface area contributed by atoms with Crippen LogP contribution in [0.5, 0.6) is 5.75 Å². The molecular formula is C24H24Cl2N2O4S.